The van der Waals surface area contributed by atoms with E-state index in [-0.39, 0.29) is 23.1 Å². The summed E-state index contributed by atoms with van der Waals surface area (Å²) >= 11 is 0. The number of carboxylic acids is 1. The molecule has 0 fully saturated rings. The number of aromatic nitrogens is 1. The number of aromatic amines is 1. The summed E-state index contributed by atoms with van der Waals surface area (Å²) in [6.45, 7) is 11.1. The first-order valence-corrected chi connectivity index (χ1v) is 12.6. The minimum atomic E-state index is -1.11. The lowest BCUT2D eigenvalue weighted by molar-refractivity contribution is -0.110. The second-order valence-corrected chi connectivity index (χ2v) is 8.97. The van der Waals surface area contributed by atoms with Gasteiger partial charge in [-0.05, 0) is 68.9 Å². The third-order valence-corrected chi connectivity index (χ3v) is 6.50. The second-order valence-electron chi connectivity index (χ2n) is 8.97. The topological polar surface area (TPSA) is 135 Å². The van der Waals surface area contributed by atoms with Crippen molar-refractivity contribution in [1.82, 2.24) is 15.2 Å². The lowest BCUT2D eigenvalue weighted by atomic mass is 10.0. The molecule has 39 heavy (non-hydrogen) atoms. The van der Waals surface area contributed by atoms with Crippen LogP contribution in [0.5, 0.6) is 5.75 Å². The minimum Gasteiger partial charge on any atom is -0.507 e. The minimum absolute atomic E-state index is 0.0671. The van der Waals surface area contributed by atoms with E-state index in [1.165, 1.54) is 24.3 Å². The summed E-state index contributed by atoms with van der Waals surface area (Å²) in [4.78, 5) is 40.7. The van der Waals surface area contributed by atoms with E-state index in [0.29, 0.717) is 34.6 Å². The van der Waals surface area contributed by atoms with Crippen molar-refractivity contribution in [1.29, 1.82) is 0 Å². The Hall–Kier alpha value is -4.44. The molecule has 0 spiro atoms. The van der Waals surface area contributed by atoms with Crippen LogP contribution in [0.1, 0.15) is 57.1 Å². The van der Waals surface area contributed by atoms with Crippen molar-refractivity contribution in [3.05, 3.63) is 81.9 Å². The zero-order chi connectivity index (χ0) is 28.7. The van der Waals surface area contributed by atoms with Gasteiger partial charge in [-0.25, -0.2) is 9.18 Å². The number of halogens is 1. The van der Waals surface area contributed by atoms with Crippen molar-refractivity contribution in [2.45, 2.75) is 27.7 Å². The maximum atomic E-state index is 13.7. The predicted octanol–water partition coefficient (Wildman–Crippen LogP) is 4.43. The molecule has 2 amide bonds. The standard InChI is InChI=1S/C22H27FN4O2.C7H6O3/c1-5-27(6-2)10-9-24-22(29)20-13(3)19(25-14(20)4)12-17-16-11-15(23)7-8-18(16)26-21(17)28;8-6-4-2-1-3-5(6)7(9)10/h7-8,11-12,25H,5-6,9-10H2,1-4H3,(H,24,29)(H,26,28);1-4,8H,(H,9,10). The number of para-hydroxylation sites is 1. The summed E-state index contributed by atoms with van der Waals surface area (Å²) in [7, 11) is 0. The highest BCUT2D eigenvalue weighted by molar-refractivity contribution is 6.34. The number of aromatic hydroxyl groups is 1. The lowest BCUT2D eigenvalue weighted by Gasteiger charge is -2.18. The predicted molar refractivity (Wildman–Crippen MR) is 148 cm³/mol. The van der Waals surface area contributed by atoms with Gasteiger partial charge in [0.15, 0.2) is 0 Å². The van der Waals surface area contributed by atoms with Crippen LogP contribution in [0.2, 0.25) is 0 Å². The van der Waals surface area contributed by atoms with Gasteiger partial charge in [0.1, 0.15) is 17.1 Å². The average Bonchev–Trinajstić information content (AvgIpc) is 3.36. The van der Waals surface area contributed by atoms with Crippen molar-refractivity contribution in [2.75, 3.05) is 31.5 Å². The monoisotopic (exact) mass is 536 g/mol. The van der Waals surface area contributed by atoms with Gasteiger partial charge in [0, 0.05) is 35.7 Å². The summed E-state index contributed by atoms with van der Waals surface area (Å²) < 4.78 is 13.7. The highest BCUT2D eigenvalue weighted by atomic mass is 19.1. The molecule has 1 aliphatic heterocycles. The van der Waals surface area contributed by atoms with E-state index in [2.05, 4.69) is 34.4 Å². The number of aryl methyl sites for hydroxylation is 1. The number of hydrogen-bond acceptors (Lipinski definition) is 5. The molecule has 0 unspecified atom stereocenters. The molecule has 9 nitrogen and oxygen atoms in total. The van der Waals surface area contributed by atoms with Gasteiger partial charge in [-0.3, -0.25) is 9.59 Å². The van der Waals surface area contributed by atoms with Gasteiger partial charge in [-0.2, -0.15) is 0 Å². The van der Waals surface area contributed by atoms with Gasteiger partial charge in [-0.1, -0.05) is 26.0 Å². The Morgan fingerprint density at radius 1 is 1.10 bits per heavy atom. The molecule has 5 N–H and O–H groups in total. The summed E-state index contributed by atoms with van der Waals surface area (Å²) in [6, 6.07) is 10.0. The van der Waals surface area contributed by atoms with Crippen LogP contribution in [0.25, 0.3) is 11.6 Å². The number of amides is 2. The number of benzene rings is 2. The van der Waals surface area contributed by atoms with E-state index in [9.17, 15) is 18.8 Å². The fourth-order valence-electron chi connectivity index (χ4n) is 4.32. The highest BCUT2D eigenvalue weighted by Crippen LogP contribution is 2.34. The maximum absolute atomic E-state index is 13.7. The van der Waals surface area contributed by atoms with E-state index in [4.69, 9.17) is 10.2 Å². The summed E-state index contributed by atoms with van der Waals surface area (Å²) in [6.07, 6.45) is 1.68. The number of hydrogen-bond donors (Lipinski definition) is 5. The molecular weight excluding hydrogens is 503 g/mol. The molecule has 0 saturated carbocycles. The molecule has 2 heterocycles. The number of carbonyl (C=O) groups excluding carboxylic acids is 2. The normalized spacial score (nSPS) is 13.1. The van der Waals surface area contributed by atoms with Gasteiger partial charge < -0.3 is 30.7 Å². The van der Waals surface area contributed by atoms with Gasteiger partial charge in [0.2, 0.25) is 0 Å². The second kappa shape index (κ2) is 12.9. The van der Waals surface area contributed by atoms with Crippen LogP contribution in [0.4, 0.5) is 10.1 Å². The largest absolute Gasteiger partial charge is 0.507 e. The fourth-order valence-corrected chi connectivity index (χ4v) is 4.32. The molecule has 1 aromatic heterocycles. The smallest absolute Gasteiger partial charge is 0.339 e. The number of likely N-dealkylation sites (N-methyl/N-ethyl adjacent to an activating group) is 1. The van der Waals surface area contributed by atoms with Gasteiger partial charge >= 0.3 is 5.97 Å². The molecule has 4 rings (SSSR count). The number of aromatic carboxylic acids is 1. The molecule has 0 aliphatic carbocycles. The van der Waals surface area contributed by atoms with Crippen LogP contribution in [-0.4, -0.2) is 64.1 Å². The number of H-pyrrole nitrogens is 1. The number of carbonyl (C=O) groups is 3. The van der Waals surface area contributed by atoms with Crippen molar-refractivity contribution < 1.29 is 29.0 Å². The van der Waals surface area contributed by atoms with Crippen molar-refractivity contribution in [3.63, 3.8) is 0 Å². The van der Waals surface area contributed by atoms with Crippen LogP contribution < -0.4 is 10.6 Å². The molecule has 1 aliphatic rings. The SMILES string of the molecule is CCN(CC)CCNC(=O)c1c(C)[nH]c(C=C2C(=O)Nc3ccc(F)cc32)c1C.O=C(O)c1ccccc1O. The van der Waals surface area contributed by atoms with Crippen molar-refractivity contribution in [3.8, 4) is 5.75 Å². The zero-order valence-corrected chi connectivity index (χ0v) is 22.4. The quantitative estimate of drug-likeness (QED) is 0.271. The molecule has 0 radical (unpaired) electrons. The molecule has 10 heteroatoms. The Labute approximate surface area is 226 Å². The maximum Gasteiger partial charge on any atom is 0.339 e. The van der Waals surface area contributed by atoms with Gasteiger partial charge in [0.25, 0.3) is 11.8 Å². The Kier molecular flexibility index (Phi) is 9.62. The Morgan fingerprint density at radius 2 is 1.79 bits per heavy atom. The third-order valence-electron chi connectivity index (χ3n) is 6.50. The van der Waals surface area contributed by atoms with Crippen LogP contribution >= 0.6 is 0 Å². The summed E-state index contributed by atoms with van der Waals surface area (Å²) in [5.41, 5.74) is 4.14. The van der Waals surface area contributed by atoms with E-state index < -0.39 is 11.8 Å². The molecule has 2 aromatic carbocycles. The Morgan fingerprint density at radius 3 is 2.41 bits per heavy atom. The number of nitrogens with zero attached hydrogens (tertiary/aromatic N) is 1. The molecule has 3 aromatic rings. The number of anilines is 1. The van der Waals surface area contributed by atoms with Crippen LogP contribution in [0.15, 0.2) is 42.5 Å². The molecule has 206 valence electrons. The number of fused-ring (bicyclic) bond motifs is 1. The third kappa shape index (κ3) is 6.91. The van der Waals surface area contributed by atoms with Gasteiger partial charge in [-0.15, -0.1) is 0 Å². The molecular formula is C29H33FN4O5. The van der Waals surface area contributed by atoms with Crippen LogP contribution in [0, 0.1) is 19.7 Å². The lowest BCUT2D eigenvalue weighted by Crippen LogP contribution is -2.35. The Balaban J connectivity index is 0.000000353. The first-order chi connectivity index (χ1) is 18.6. The first kappa shape index (κ1) is 29.1. The molecule has 0 atom stereocenters. The van der Waals surface area contributed by atoms with Crippen LogP contribution in [-0.2, 0) is 4.79 Å². The van der Waals surface area contributed by atoms with Crippen molar-refractivity contribution in [2.24, 2.45) is 0 Å². The summed E-state index contributed by atoms with van der Waals surface area (Å²) in [5.74, 6) is -2.15. The van der Waals surface area contributed by atoms with Crippen molar-refractivity contribution >= 4 is 35.1 Å². The van der Waals surface area contributed by atoms with E-state index >= 15 is 0 Å². The fraction of sp³-hybridized carbons (Fsp3) is 0.276. The summed E-state index contributed by atoms with van der Waals surface area (Å²) in [5, 5.41) is 23.0. The van der Waals surface area contributed by atoms with E-state index in [1.54, 1.807) is 24.3 Å². The van der Waals surface area contributed by atoms with Gasteiger partial charge in [0.05, 0.1) is 11.1 Å². The van der Waals surface area contributed by atoms with E-state index in [0.717, 1.165) is 30.9 Å². The molecule has 0 bridgehead atoms. The Bertz CT molecular complexity index is 1410. The molecule has 0 saturated heterocycles. The number of rotatable bonds is 8. The van der Waals surface area contributed by atoms with Crippen LogP contribution in [0.3, 0.4) is 0 Å². The highest BCUT2D eigenvalue weighted by Gasteiger charge is 2.26. The number of phenols is 1. The number of nitrogens with one attached hydrogen (secondary N) is 3. The average molecular weight is 537 g/mol. The van der Waals surface area contributed by atoms with E-state index in [1.807, 2.05) is 13.8 Å². The number of carboxylic acid groups (broad SMARTS) is 1. The first-order valence-electron chi connectivity index (χ1n) is 12.6. The zero-order valence-electron chi connectivity index (χ0n) is 22.4.